The molecule has 8 heteroatoms. The summed E-state index contributed by atoms with van der Waals surface area (Å²) in [7, 11) is 0. The molecule has 9 unspecified atom stereocenters. The number of nitrogens with zero attached hydrogens (tertiary/aromatic N) is 3. The second kappa shape index (κ2) is 11.1. The summed E-state index contributed by atoms with van der Waals surface area (Å²) in [5.74, 6) is 0.431. The third-order valence-electron chi connectivity index (χ3n) is 11.4. The highest BCUT2D eigenvalue weighted by atomic mass is 19.1. The van der Waals surface area contributed by atoms with Crippen molar-refractivity contribution in [1.29, 1.82) is 0 Å². The van der Waals surface area contributed by atoms with Crippen molar-refractivity contribution in [3.63, 3.8) is 0 Å². The number of hydrogen-bond donors (Lipinski definition) is 1. The Morgan fingerprint density at radius 3 is 2.54 bits per heavy atom. The molecule has 6 fully saturated rings. The fraction of sp³-hybridized carbons (Fsp3) is 0.871. The molecular weight excluding hydrogens is 495 g/mol. The van der Waals surface area contributed by atoms with Crippen molar-refractivity contribution in [2.75, 3.05) is 39.3 Å². The van der Waals surface area contributed by atoms with Crippen LogP contribution >= 0.6 is 0 Å². The highest BCUT2D eigenvalue weighted by Crippen LogP contribution is 2.51. The Balaban J connectivity index is 1.20. The number of rotatable bonds is 5. The highest BCUT2D eigenvalue weighted by molar-refractivity contribution is 6.20. The van der Waals surface area contributed by atoms with E-state index in [9.17, 15) is 9.59 Å². The van der Waals surface area contributed by atoms with E-state index < -0.39 is 18.1 Å². The molecule has 0 aromatic carbocycles. The standard InChI is InChI=1S/C31H47FN4O3/c32-24-18-22-28-30(26(24)33-12-17-34-13-6-7-14-34)39-25-11-10-20-8-2-3-9-21(20)27(25)36(28)19-23(29(22)37)31(38)35-15-4-1-5-16-35/h19-22,24-28,30,33H,1-18H2. The van der Waals surface area contributed by atoms with Gasteiger partial charge in [0.05, 0.1) is 35.9 Å². The molecule has 0 aromatic heterocycles. The van der Waals surface area contributed by atoms with E-state index in [0.717, 1.165) is 65.0 Å². The number of amides is 1. The maximum atomic E-state index is 16.0. The van der Waals surface area contributed by atoms with Crippen LogP contribution < -0.4 is 5.32 Å². The van der Waals surface area contributed by atoms with Gasteiger partial charge in [0.15, 0.2) is 5.78 Å². The first-order valence-corrected chi connectivity index (χ1v) is 16.2. The number of Topliss-reactive ketones (excluding diaryl/α,β-unsaturated/α-hetero) is 1. The Bertz CT molecular complexity index is 963. The molecular formula is C31H47FN4O3. The second-order valence-corrected chi connectivity index (χ2v) is 13.5. The number of hydrogen-bond acceptors (Lipinski definition) is 6. The predicted molar refractivity (Wildman–Crippen MR) is 147 cm³/mol. The van der Waals surface area contributed by atoms with Crippen molar-refractivity contribution in [3.8, 4) is 0 Å². The molecule has 0 aromatic rings. The van der Waals surface area contributed by atoms with E-state index in [1.165, 1.54) is 44.9 Å². The van der Waals surface area contributed by atoms with Crippen molar-refractivity contribution in [2.24, 2.45) is 17.8 Å². The molecule has 3 saturated carbocycles. The van der Waals surface area contributed by atoms with E-state index in [1.54, 1.807) is 0 Å². The number of carbonyl (C=O) groups excluding carboxylic acids is 2. The van der Waals surface area contributed by atoms with E-state index >= 15 is 4.39 Å². The first kappa shape index (κ1) is 26.4. The fourth-order valence-corrected chi connectivity index (χ4v) is 9.46. The monoisotopic (exact) mass is 542 g/mol. The van der Waals surface area contributed by atoms with Gasteiger partial charge in [-0.1, -0.05) is 19.3 Å². The van der Waals surface area contributed by atoms with Crippen LogP contribution in [0.3, 0.4) is 0 Å². The van der Waals surface area contributed by atoms with Crippen LogP contribution in [0, 0.1) is 17.8 Å². The molecule has 4 aliphatic heterocycles. The first-order chi connectivity index (χ1) is 19.1. The number of piperidine rings is 1. The number of likely N-dealkylation sites (tertiary alicyclic amines) is 2. The Morgan fingerprint density at radius 2 is 1.72 bits per heavy atom. The molecule has 4 heterocycles. The van der Waals surface area contributed by atoms with E-state index in [1.807, 2.05) is 11.1 Å². The van der Waals surface area contributed by atoms with E-state index in [2.05, 4.69) is 15.1 Å². The Morgan fingerprint density at radius 1 is 0.949 bits per heavy atom. The molecule has 1 amide bonds. The van der Waals surface area contributed by atoms with E-state index in [4.69, 9.17) is 4.74 Å². The van der Waals surface area contributed by atoms with Gasteiger partial charge in [0.1, 0.15) is 6.17 Å². The van der Waals surface area contributed by atoms with Crippen LogP contribution in [0.4, 0.5) is 4.39 Å². The van der Waals surface area contributed by atoms with Gasteiger partial charge in [0.25, 0.3) is 5.91 Å². The average molecular weight is 543 g/mol. The zero-order valence-electron chi connectivity index (χ0n) is 23.4. The summed E-state index contributed by atoms with van der Waals surface area (Å²) in [6, 6.07) is -0.415. The minimum Gasteiger partial charge on any atom is -0.369 e. The second-order valence-electron chi connectivity index (χ2n) is 13.5. The van der Waals surface area contributed by atoms with Crippen molar-refractivity contribution in [2.45, 2.75) is 114 Å². The number of ether oxygens (including phenoxy) is 1. The molecule has 7 aliphatic rings. The largest absolute Gasteiger partial charge is 0.369 e. The Hall–Kier alpha value is -1.51. The zero-order valence-corrected chi connectivity index (χ0v) is 23.4. The lowest BCUT2D eigenvalue weighted by Gasteiger charge is -2.62. The van der Waals surface area contributed by atoms with Gasteiger partial charge >= 0.3 is 0 Å². The number of ketones is 1. The van der Waals surface area contributed by atoms with Crippen LogP contribution in [0.2, 0.25) is 0 Å². The van der Waals surface area contributed by atoms with Crippen LogP contribution in [0.1, 0.15) is 77.0 Å². The first-order valence-electron chi connectivity index (χ1n) is 16.2. The van der Waals surface area contributed by atoms with Crippen molar-refractivity contribution in [1.82, 2.24) is 20.0 Å². The molecule has 216 valence electrons. The predicted octanol–water partition coefficient (Wildman–Crippen LogP) is 3.28. The highest BCUT2D eigenvalue weighted by Gasteiger charge is 2.60. The molecule has 3 saturated heterocycles. The van der Waals surface area contributed by atoms with E-state index in [-0.39, 0.29) is 42.4 Å². The number of nitrogens with one attached hydrogen (secondary N) is 1. The summed E-state index contributed by atoms with van der Waals surface area (Å²) in [5.41, 5.74) is 0.308. The van der Waals surface area contributed by atoms with Crippen LogP contribution in [-0.4, -0.2) is 102 Å². The molecule has 1 N–H and O–H groups in total. The van der Waals surface area contributed by atoms with Gasteiger partial charge in [-0.3, -0.25) is 9.59 Å². The number of morpholine rings is 1. The summed E-state index contributed by atoms with van der Waals surface area (Å²) < 4.78 is 22.9. The van der Waals surface area contributed by atoms with E-state index in [0.29, 0.717) is 17.4 Å². The quantitative estimate of drug-likeness (QED) is 0.538. The molecule has 3 aliphatic carbocycles. The SMILES string of the molecule is O=C1C(C(=O)N2CCCCC2)=CN2C3C(CCC4CCCCC43)OC3C(NCCN4CCCC4)C(F)CC1C32. The normalized spacial score (nSPS) is 42.4. The third kappa shape index (κ3) is 4.76. The third-order valence-corrected chi connectivity index (χ3v) is 11.4. The lowest BCUT2D eigenvalue weighted by Crippen LogP contribution is -2.74. The molecule has 7 rings (SSSR count). The van der Waals surface area contributed by atoms with Gasteiger partial charge in [-0.2, -0.15) is 0 Å². The molecule has 9 atom stereocenters. The molecule has 0 spiro atoms. The molecule has 7 nitrogen and oxygen atoms in total. The van der Waals surface area contributed by atoms with Gasteiger partial charge in [-0.05, 0) is 82.7 Å². The van der Waals surface area contributed by atoms with Gasteiger partial charge in [0, 0.05) is 38.3 Å². The van der Waals surface area contributed by atoms with Crippen molar-refractivity contribution < 1.29 is 18.7 Å². The number of carbonyl (C=O) groups is 2. The smallest absolute Gasteiger partial charge is 0.258 e. The van der Waals surface area contributed by atoms with Gasteiger partial charge < -0.3 is 24.8 Å². The molecule has 0 bridgehead atoms. The fourth-order valence-electron chi connectivity index (χ4n) is 9.46. The molecule has 0 radical (unpaired) electrons. The maximum Gasteiger partial charge on any atom is 0.258 e. The van der Waals surface area contributed by atoms with Crippen molar-refractivity contribution in [3.05, 3.63) is 11.8 Å². The Kier molecular flexibility index (Phi) is 7.48. The summed E-state index contributed by atoms with van der Waals surface area (Å²) in [4.78, 5) is 34.4. The number of alkyl halides is 1. The van der Waals surface area contributed by atoms with Gasteiger partial charge in [-0.15, -0.1) is 0 Å². The summed E-state index contributed by atoms with van der Waals surface area (Å²) >= 11 is 0. The zero-order chi connectivity index (χ0) is 26.5. The minimum atomic E-state index is -1.16. The van der Waals surface area contributed by atoms with Gasteiger partial charge in [-0.25, -0.2) is 4.39 Å². The maximum absolute atomic E-state index is 16.0. The lowest BCUT2D eigenvalue weighted by molar-refractivity contribution is -0.215. The summed E-state index contributed by atoms with van der Waals surface area (Å²) in [5, 5.41) is 3.56. The topological polar surface area (TPSA) is 65.1 Å². The van der Waals surface area contributed by atoms with Gasteiger partial charge in [0.2, 0.25) is 0 Å². The number of halogens is 1. The average Bonchev–Trinajstić information content (AvgIpc) is 3.49. The van der Waals surface area contributed by atoms with Crippen molar-refractivity contribution >= 4 is 11.7 Å². The van der Waals surface area contributed by atoms with Crippen LogP contribution in [-0.2, 0) is 14.3 Å². The van der Waals surface area contributed by atoms with Crippen LogP contribution in [0.15, 0.2) is 11.8 Å². The van der Waals surface area contributed by atoms with Crippen LogP contribution in [0.5, 0.6) is 0 Å². The molecule has 39 heavy (non-hydrogen) atoms. The lowest BCUT2D eigenvalue weighted by atomic mass is 9.63. The Labute approximate surface area is 232 Å². The summed E-state index contributed by atoms with van der Waals surface area (Å²) in [6.07, 6.45) is 13.4. The number of fused-ring (bicyclic) bond motifs is 4. The van der Waals surface area contributed by atoms with Crippen LogP contribution in [0.25, 0.3) is 0 Å². The minimum absolute atomic E-state index is 0.0372. The summed E-state index contributed by atoms with van der Waals surface area (Å²) in [6.45, 7) is 5.36.